The summed E-state index contributed by atoms with van der Waals surface area (Å²) < 4.78 is 11.5. The molecule has 0 radical (unpaired) electrons. The van der Waals surface area contributed by atoms with Crippen LogP contribution in [0.1, 0.15) is 51.1 Å². The molecule has 0 amide bonds. The van der Waals surface area contributed by atoms with Crippen molar-refractivity contribution in [3.63, 3.8) is 0 Å². The van der Waals surface area contributed by atoms with E-state index in [1.807, 2.05) is 18.2 Å². The second-order valence-corrected chi connectivity index (χ2v) is 7.02. The van der Waals surface area contributed by atoms with Gasteiger partial charge in [0.2, 0.25) is 0 Å². The fraction of sp³-hybridized carbons (Fsp3) is 0.632. The van der Waals surface area contributed by atoms with Gasteiger partial charge in [0.15, 0.2) is 5.96 Å². The minimum absolute atomic E-state index is 0.182. The van der Waals surface area contributed by atoms with E-state index in [9.17, 15) is 0 Å². The minimum atomic E-state index is 0.182. The van der Waals surface area contributed by atoms with Crippen molar-refractivity contribution in [3.05, 3.63) is 29.8 Å². The first-order valence-electron chi connectivity index (χ1n) is 9.05. The Morgan fingerprint density at radius 3 is 2.79 bits per heavy atom. The molecule has 0 spiro atoms. The van der Waals surface area contributed by atoms with Crippen LogP contribution in [0.15, 0.2) is 29.3 Å². The number of nitrogens with two attached hydrogens (primary N) is 1. The summed E-state index contributed by atoms with van der Waals surface area (Å²) in [5.41, 5.74) is 7.27. The van der Waals surface area contributed by atoms with Crippen LogP contribution in [0.2, 0.25) is 0 Å². The number of guanidine groups is 1. The Morgan fingerprint density at radius 1 is 1.25 bits per heavy atom. The highest BCUT2D eigenvalue weighted by Gasteiger charge is 2.24. The van der Waals surface area contributed by atoms with Gasteiger partial charge in [0, 0.05) is 18.5 Å². The molecule has 3 unspecified atom stereocenters. The van der Waals surface area contributed by atoms with E-state index in [0.717, 1.165) is 43.5 Å². The Bertz CT molecular complexity index is 565. The third-order valence-electron chi connectivity index (χ3n) is 4.90. The first kappa shape index (κ1) is 17.1. The Kier molecular flexibility index (Phi) is 5.61. The van der Waals surface area contributed by atoms with Crippen molar-refractivity contribution in [1.29, 1.82) is 0 Å². The van der Waals surface area contributed by atoms with Crippen LogP contribution in [-0.4, -0.2) is 31.3 Å². The van der Waals surface area contributed by atoms with Gasteiger partial charge in [-0.05, 0) is 45.1 Å². The van der Waals surface area contributed by atoms with Crippen LogP contribution >= 0.6 is 0 Å². The summed E-state index contributed by atoms with van der Waals surface area (Å²) in [6.07, 6.45) is 4.95. The molecule has 3 atom stereocenters. The van der Waals surface area contributed by atoms with E-state index in [2.05, 4.69) is 30.2 Å². The molecule has 0 aromatic heterocycles. The van der Waals surface area contributed by atoms with E-state index in [1.165, 1.54) is 0 Å². The third-order valence-corrected chi connectivity index (χ3v) is 4.90. The average molecular weight is 331 g/mol. The van der Waals surface area contributed by atoms with Crippen molar-refractivity contribution >= 4 is 5.96 Å². The molecule has 132 valence electrons. The number of para-hydroxylation sites is 1. The van der Waals surface area contributed by atoms with E-state index < -0.39 is 0 Å². The molecule has 2 heterocycles. The van der Waals surface area contributed by atoms with E-state index >= 15 is 0 Å². The highest BCUT2D eigenvalue weighted by molar-refractivity contribution is 5.78. The molecule has 24 heavy (non-hydrogen) atoms. The molecule has 2 aliphatic rings. The van der Waals surface area contributed by atoms with Crippen molar-refractivity contribution < 1.29 is 9.47 Å². The Hall–Kier alpha value is -1.75. The molecule has 0 bridgehead atoms. The topological polar surface area (TPSA) is 68.9 Å². The zero-order valence-corrected chi connectivity index (χ0v) is 14.7. The number of aliphatic imine (C=N–C) groups is 1. The maximum Gasteiger partial charge on any atom is 0.189 e. The summed E-state index contributed by atoms with van der Waals surface area (Å²) in [7, 11) is 0. The fourth-order valence-electron chi connectivity index (χ4n) is 3.86. The number of hydrogen-bond acceptors (Lipinski definition) is 3. The predicted octanol–water partition coefficient (Wildman–Crippen LogP) is 3.01. The standard InChI is InChI=1S/C19H29N3O2/c1-13-11-15(12-14(2)24-13)7-9-21-19(20)22-17-8-10-23-18-6-4-3-5-16(17)18/h3-6,13-15,17H,7-12H2,1-2H3,(H3,20,21,22). The Balaban J connectivity index is 1.50. The minimum Gasteiger partial charge on any atom is -0.493 e. The number of nitrogens with one attached hydrogen (secondary N) is 1. The summed E-state index contributed by atoms with van der Waals surface area (Å²) >= 11 is 0. The maximum absolute atomic E-state index is 6.11. The van der Waals surface area contributed by atoms with Crippen molar-refractivity contribution in [2.24, 2.45) is 16.6 Å². The zero-order chi connectivity index (χ0) is 16.9. The molecule has 1 fully saturated rings. The largest absolute Gasteiger partial charge is 0.493 e. The smallest absolute Gasteiger partial charge is 0.189 e. The molecular weight excluding hydrogens is 302 g/mol. The highest BCUT2D eigenvalue weighted by Crippen LogP contribution is 2.31. The van der Waals surface area contributed by atoms with Gasteiger partial charge < -0.3 is 20.5 Å². The van der Waals surface area contributed by atoms with Crippen LogP contribution in [0.4, 0.5) is 0 Å². The van der Waals surface area contributed by atoms with Crippen LogP contribution in [0.25, 0.3) is 0 Å². The number of benzene rings is 1. The number of ether oxygens (including phenoxy) is 2. The van der Waals surface area contributed by atoms with Crippen molar-refractivity contribution in [1.82, 2.24) is 5.32 Å². The molecule has 1 saturated heterocycles. The van der Waals surface area contributed by atoms with Crippen LogP contribution in [0.3, 0.4) is 0 Å². The predicted molar refractivity (Wildman–Crippen MR) is 96.3 cm³/mol. The Morgan fingerprint density at radius 2 is 2.00 bits per heavy atom. The SMILES string of the molecule is CC1CC(CCN=C(N)NC2CCOc3ccccc32)CC(C)O1. The lowest BCUT2D eigenvalue weighted by Crippen LogP contribution is -2.37. The zero-order valence-electron chi connectivity index (χ0n) is 14.7. The van der Waals surface area contributed by atoms with Gasteiger partial charge in [0.05, 0.1) is 24.9 Å². The summed E-state index contributed by atoms with van der Waals surface area (Å²) in [6, 6.07) is 8.30. The normalized spacial score (nSPS) is 30.3. The maximum atomic E-state index is 6.11. The molecule has 5 nitrogen and oxygen atoms in total. The summed E-state index contributed by atoms with van der Waals surface area (Å²) in [4.78, 5) is 4.54. The average Bonchev–Trinajstić information content (AvgIpc) is 2.54. The number of hydrogen-bond donors (Lipinski definition) is 2. The van der Waals surface area contributed by atoms with Crippen molar-refractivity contribution in [2.45, 2.75) is 57.8 Å². The second kappa shape index (κ2) is 7.88. The van der Waals surface area contributed by atoms with E-state index in [-0.39, 0.29) is 6.04 Å². The van der Waals surface area contributed by atoms with E-state index in [4.69, 9.17) is 15.2 Å². The van der Waals surface area contributed by atoms with Gasteiger partial charge in [-0.3, -0.25) is 4.99 Å². The molecule has 5 heteroatoms. The molecule has 3 rings (SSSR count). The lowest BCUT2D eigenvalue weighted by molar-refractivity contribution is -0.0529. The number of fused-ring (bicyclic) bond motifs is 1. The molecule has 2 aliphatic heterocycles. The lowest BCUT2D eigenvalue weighted by Gasteiger charge is -2.31. The monoisotopic (exact) mass is 331 g/mol. The fourth-order valence-corrected chi connectivity index (χ4v) is 3.86. The summed E-state index contributed by atoms with van der Waals surface area (Å²) in [6.45, 7) is 5.79. The molecule has 3 N–H and O–H groups in total. The molecule has 1 aromatic carbocycles. The van der Waals surface area contributed by atoms with Gasteiger partial charge in [-0.1, -0.05) is 18.2 Å². The molecular formula is C19H29N3O2. The lowest BCUT2D eigenvalue weighted by atomic mass is 9.90. The quantitative estimate of drug-likeness (QED) is 0.657. The van der Waals surface area contributed by atoms with E-state index in [0.29, 0.717) is 30.7 Å². The van der Waals surface area contributed by atoms with Gasteiger partial charge in [0.25, 0.3) is 0 Å². The molecule has 1 aromatic rings. The number of nitrogens with zero attached hydrogens (tertiary/aromatic N) is 1. The van der Waals surface area contributed by atoms with Gasteiger partial charge in [0.1, 0.15) is 5.75 Å². The van der Waals surface area contributed by atoms with Crippen LogP contribution < -0.4 is 15.8 Å². The summed E-state index contributed by atoms with van der Waals surface area (Å²) in [5, 5.41) is 3.35. The van der Waals surface area contributed by atoms with Crippen molar-refractivity contribution in [3.8, 4) is 5.75 Å². The second-order valence-electron chi connectivity index (χ2n) is 7.02. The van der Waals surface area contributed by atoms with Gasteiger partial charge in [-0.25, -0.2) is 0 Å². The van der Waals surface area contributed by atoms with Gasteiger partial charge in [-0.2, -0.15) is 0 Å². The highest BCUT2D eigenvalue weighted by atomic mass is 16.5. The summed E-state index contributed by atoms with van der Waals surface area (Å²) in [5.74, 6) is 2.16. The first-order chi connectivity index (χ1) is 11.6. The first-order valence-corrected chi connectivity index (χ1v) is 9.05. The van der Waals surface area contributed by atoms with Crippen LogP contribution in [-0.2, 0) is 4.74 Å². The van der Waals surface area contributed by atoms with Gasteiger partial charge >= 0.3 is 0 Å². The number of rotatable bonds is 4. The van der Waals surface area contributed by atoms with Crippen molar-refractivity contribution in [2.75, 3.05) is 13.2 Å². The Labute approximate surface area is 144 Å². The van der Waals surface area contributed by atoms with Gasteiger partial charge in [-0.15, -0.1) is 0 Å². The third kappa shape index (κ3) is 4.41. The molecule has 0 saturated carbocycles. The molecule has 0 aliphatic carbocycles. The van der Waals surface area contributed by atoms with Crippen LogP contribution in [0.5, 0.6) is 5.75 Å². The van der Waals surface area contributed by atoms with Crippen LogP contribution in [0, 0.1) is 5.92 Å². The van der Waals surface area contributed by atoms with E-state index in [1.54, 1.807) is 0 Å².